The van der Waals surface area contributed by atoms with Crippen LogP contribution in [0.3, 0.4) is 0 Å². The highest BCUT2D eigenvalue weighted by atomic mass is 32.1. The standard InChI is InChI=1S/C14H13N5S/c1-4-5-9-7-20-14(19(2)3)11(9)13-17-10-6-15-8-16-12(10)18-13/h1,6-8H,5H2,2-3H3,(H,15,16,17,18). The SMILES string of the molecule is C#CCc1csc(N(C)C)c1-c1nc2ncncc2[nH]1. The van der Waals surface area contributed by atoms with E-state index in [1.807, 2.05) is 14.1 Å². The van der Waals surface area contributed by atoms with Crippen molar-refractivity contribution in [2.75, 3.05) is 19.0 Å². The van der Waals surface area contributed by atoms with Gasteiger partial charge in [-0.05, 0) is 10.9 Å². The molecule has 3 aromatic rings. The number of imidazole rings is 1. The minimum atomic E-state index is 0.586. The Kier molecular flexibility index (Phi) is 3.12. The third kappa shape index (κ3) is 2.02. The van der Waals surface area contributed by atoms with E-state index in [0.717, 1.165) is 27.5 Å². The molecule has 3 aromatic heterocycles. The van der Waals surface area contributed by atoms with Crippen LogP contribution in [-0.4, -0.2) is 34.0 Å². The first-order chi connectivity index (χ1) is 9.70. The predicted octanol–water partition coefficient (Wildman–Crippen LogP) is 2.32. The monoisotopic (exact) mass is 283 g/mol. The Morgan fingerprint density at radius 2 is 2.30 bits per heavy atom. The first kappa shape index (κ1) is 12.6. The summed E-state index contributed by atoms with van der Waals surface area (Å²) in [6.45, 7) is 0. The van der Waals surface area contributed by atoms with E-state index < -0.39 is 0 Å². The van der Waals surface area contributed by atoms with Crippen LogP contribution in [0.4, 0.5) is 5.00 Å². The van der Waals surface area contributed by atoms with Crippen molar-refractivity contribution in [3.8, 4) is 23.7 Å². The number of terminal acetylenes is 1. The van der Waals surface area contributed by atoms with E-state index in [1.54, 1.807) is 17.5 Å². The Bertz CT molecular complexity index is 760. The summed E-state index contributed by atoms with van der Waals surface area (Å²) < 4.78 is 0. The summed E-state index contributed by atoms with van der Waals surface area (Å²) in [5.41, 5.74) is 3.65. The van der Waals surface area contributed by atoms with Gasteiger partial charge in [0.15, 0.2) is 5.65 Å². The van der Waals surface area contributed by atoms with Crippen molar-refractivity contribution in [2.45, 2.75) is 6.42 Å². The molecule has 0 radical (unpaired) electrons. The van der Waals surface area contributed by atoms with Crippen molar-refractivity contribution in [3.05, 3.63) is 23.5 Å². The Balaban J connectivity index is 2.21. The summed E-state index contributed by atoms with van der Waals surface area (Å²) >= 11 is 1.66. The Labute approximate surface area is 120 Å². The fraction of sp³-hybridized carbons (Fsp3) is 0.214. The topological polar surface area (TPSA) is 57.7 Å². The zero-order chi connectivity index (χ0) is 14.1. The van der Waals surface area contributed by atoms with E-state index >= 15 is 0 Å². The molecule has 20 heavy (non-hydrogen) atoms. The number of aromatic amines is 1. The van der Waals surface area contributed by atoms with Gasteiger partial charge in [0, 0.05) is 20.5 Å². The van der Waals surface area contributed by atoms with Gasteiger partial charge in [-0.3, -0.25) is 0 Å². The van der Waals surface area contributed by atoms with Gasteiger partial charge in [-0.2, -0.15) is 0 Å². The largest absolute Gasteiger partial charge is 0.369 e. The third-order valence-electron chi connectivity index (χ3n) is 2.95. The number of anilines is 1. The summed E-state index contributed by atoms with van der Waals surface area (Å²) in [4.78, 5) is 18.0. The molecule has 0 unspecified atom stereocenters. The quantitative estimate of drug-likeness (QED) is 0.749. The lowest BCUT2D eigenvalue weighted by atomic mass is 10.1. The molecule has 0 atom stereocenters. The van der Waals surface area contributed by atoms with E-state index in [4.69, 9.17) is 6.42 Å². The molecule has 1 N–H and O–H groups in total. The van der Waals surface area contributed by atoms with Crippen LogP contribution in [0, 0.1) is 12.3 Å². The average molecular weight is 283 g/mol. The van der Waals surface area contributed by atoms with Crippen LogP contribution in [0.5, 0.6) is 0 Å². The van der Waals surface area contributed by atoms with Crippen LogP contribution >= 0.6 is 11.3 Å². The van der Waals surface area contributed by atoms with E-state index in [1.165, 1.54) is 6.33 Å². The number of nitrogens with zero attached hydrogens (tertiary/aromatic N) is 4. The summed E-state index contributed by atoms with van der Waals surface area (Å²) in [7, 11) is 4.02. The van der Waals surface area contributed by atoms with Crippen LogP contribution in [0.25, 0.3) is 22.6 Å². The molecule has 6 heteroatoms. The van der Waals surface area contributed by atoms with Crippen molar-refractivity contribution in [2.24, 2.45) is 0 Å². The van der Waals surface area contributed by atoms with Crippen LogP contribution in [0.1, 0.15) is 5.56 Å². The lowest BCUT2D eigenvalue weighted by Gasteiger charge is -2.12. The van der Waals surface area contributed by atoms with E-state index in [9.17, 15) is 0 Å². The van der Waals surface area contributed by atoms with Gasteiger partial charge < -0.3 is 9.88 Å². The maximum Gasteiger partial charge on any atom is 0.181 e. The lowest BCUT2D eigenvalue weighted by molar-refractivity contribution is 1.14. The molecular weight excluding hydrogens is 270 g/mol. The molecule has 3 heterocycles. The number of rotatable bonds is 3. The third-order valence-corrected chi connectivity index (χ3v) is 4.14. The van der Waals surface area contributed by atoms with Gasteiger partial charge in [-0.15, -0.1) is 23.7 Å². The number of thiophene rings is 1. The minimum Gasteiger partial charge on any atom is -0.369 e. The van der Waals surface area contributed by atoms with Crippen molar-refractivity contribution in [1.82, 2.24) is 19.9 Å². The molecular formula is C14H13N5S. The fourth-order valence-corrected chi connectivity index (χ4v) is 3.10. The second-order valence-corrected chi connectivity index (χ2v) is 5.42. The van der Waals surface area contributed by atoms with Crippen LogP contribution in [-0.2, 0) is 6.42 Å². The Hall–Kier alpha value is -2.39. The number of hydrogen-bond donors (Lipinski definition) is 1. The Morgan fingerprint density at radius 3 is 3.00 bits per heavy atom. The van der Waals surface area contributed by atoms with Gasteiger partial charge in [0.25, 0.3) is 0 Å². The highest BCUT2D eigenvalue weighted by molar-refractivity contribution is 7.15. The minimum absolute atomic E-state index is 0.586. The molecule has 0 aliphatic rings. The highest BCUT2D eigenvalue weighted by Crippen LogP contribution is 2.38. The second-order valence-electron chi connectivity index (χ2n) is 4.56. The van der Waals surface area contributed by atoms with E-state index in [-0.39, 0.29) is 0 Å². The molecule has 100 valence electrons. The van der Waals surface area contributed by atoms with Crippen LogP contribution in [0.2, 0.25) is 0 Å². The molecule has 0 saturated carbocycles. The molecule has 0 aliphatic heterocycles. The second kappa shape index (κ2) is 4.94. The molecule has 0 fully saturated rings. The predicted molar refractivity (Wildman–Crippen MR) is 81.9 cm³/mol. The first-order valence-electron chi connectivity index (χ1n) is 6.08. The van der Waals surface area contributed by atoms with Gasteiger partial charge in [-0.1, -0.05) is 0 Å². The zero-order valence-corrected chi connectivity index (χ0v) is 12.0. The number of hydrogen-bond acceptors (Lipinski definition) is 5. The highest BCUT2D eigenvalue weighted by Gasteiger charge is 2.18. The molecule has 0 saturated heterocycles. The van der Waals surface area contributed by atoms with Gasteiger partial charge in [0.2, 0.25) is 0 Å². The van der Waals surface area contributed by atoms with E-state index in [2.05, 4.69) is 36.1 Å². The molecule has 0 aromatic carbocycles. The number of H-pyrrole nitrogens is 1. The average Bonchev–Trinajstić information content (AvgIpc) is 3.01. The van der Waals surface area contributed by atoms with E-state index in [0.29, 0.717) is 12.1 Å². The van der Waals surface area contributed by atoms with Crippen molar-refractivity contribution >= 4 is 27.5 Å². The normalized spacial score (nSPS) is 10.7. The van der Waals surface area contributed by atoms with Gasteiger partial charge in [0.05, 0.1) is 11.8 Å². The molecule has 0 amide bonds. The lowest BCUT2D eigenvalue weighted by Crippen LogP contribution is -2.08. The van der Waals surface area contributed by atoms with Gasteiger partial charge in [-0.25, -0.2) is 15.0 Å². The van der Waals surface area contributed by atoms with Crippen molar-refractivity contribution in [1.29, 1.82) is 0 Å². The maximum absolute atomic E-state index is 5.46. The number of aromatic nitrogens is 4. The fourth-order valence-electron chi connectivity index (χ4n) is 2.08. The number of nitrogens with one attached hydrogen (secondary N) is 1. The first-order valence-corrected chi connectivity index (χ1v) is 6.96. The molecule has 0 bridgehead atoms. The Morgan fingerprint density at radius 1 is 1.45 bits per heavy atom. The summed E-state index contributed by atoms with van der Waals surface area (Å²) in [6, 6.07) is 0. The smallest absolute Gasteiger partial charge is 0.181 e. The maximum atomic E-state index is 5.46. The molecule has 3 rings (SSSR count). The van der Waals surface area contributed by atoms with Gasteiger partial charge >= 0.3 is 0 Å². The molecule has 0 aliphatic carbocycles. The van der Waals surface area contributed by atoms with Crippen molar-refractivity contribution in [3.63, 3.8) is 0 Å². The summed E-state index contributed by atoms with van der Waals surface area (Å²) in [5.74, 6) is 3.49. The summed E-state index contributed by atoms with van der Waals surface area (Å²) in [5, 5.41) is 3.21. The zero-order valence-electron chi connectivity index (χ0n) is 11.2. The molecule has 5 nitrogen and oxygen atoms in total. The van der Waals surface area contributed by atoms with Crippen molar-refractivity contribution < 1.29 is 0 Å². The number of fused-ring (bicyclic) bond motifs is 1. The van der Waals surface area contributed by atoms with Crippen LogP contribution in [0.15, 0.2) is 17.9 Å². The van der Waals surface area contributed by atoms with Crippen LogP contribution < -0.4 is 4.90 Å². The summed E-state index contributed by atoms with van der Waals surface area (Å²) in [6.07, 6.45) is 9.26. The molecule has 0 spiro atoms. The van der Waals surface area contributed by atoms with Gasteiger partial charge in [0.1, 0.15) is 22.7 Å².